The Hall–Kier alpha value is -1.20. The van der Waals surface area contributed by atoms with Crippen LogP contribution in [0.3, 0.4) is 0 Å². The summed E-state index contributed by atoms with van der Waals surface area (Å²) in [5.41, 5.74) is -0.872. The van der Waals surface area contributed by atoms with Gasteiger partial charge < -0.3 is 17.7 Å². The maximum Gasteiger partial charge on any atom is 0.513 e. The predicted molar refractivity (Wildman–Crippen MR) is 60.1 cm³/mol. The number of ether oxygens (including phenoxy) is 1. The summed E-state index contributed by atoms with van der Waals surface area (Å²) in [4.78, 5) is 0. The van der Waals surface area contributed by atoms with E-state index in [-0.39, 0.29) is 6.61 Å². The van der Waals surface area contributed by atoms with Gasteiger partial charge in [0.15, 0.2) is 0 Å². The first-order valence-corrected chi connectivity index (χ1v) is 5.57. The molecule has 0 amide bonds. The third-order valence-electron chi connectivity index (χ3n) is 2.33. The fourth-order valence-corrected chi connectivity index (χ4v) is 1.44. The van der Waals surface area contributed by atoms with Crippen LogP contribution >= 0.6 is 0 Å². The van der Waals surface area contributed by atoms with Crippen LogP contribution in [-0.2, 0) is 0 Å². The van der Waals surface area contributed by atoms with E-state index in [1.165, 1.54) is 0 Å². The molecule has 1 aromatic carbocycles. The fourth-order valence-electron chi connectivity index (χ4n) is 1.44. The smallest absolute Gasteiger partial charge is 0.496 e. The summed E-state index contributed by atoms with van der Waals surface area (Å²) in [6.45, 7) is -3.01. The van der Waals surface area contributed by atoms with Gasteiger partial charge in [0.2, 0.25) is 0 Å². The highest BCUT2D eigenvalue weighted by Crippen LogP contribution is 2.19. The minimum Gasteiger partial charge on any atom is -0.496 e. The molecule has 96 valence electrons. The highest BCUT2D eigenvalue weighted by atomic mass is 19.4. The Balaban J connectivity index is 2.77. The Bertz CT molecular complexity index is 365. The van der Waals surface area contributed by atoms with Gasteiger partial charge in [0.05, 0.1) is 12.4 Å². The predicted octanol–water partition coefficient (Wildman–Crippen LogP) is 3.45. The largest absolute Gasteiger partial charge is 0.513 e. The van der Waals surface area contributed by atoms with Gasteiger partial charge in [0.25, 0.3) is 0 Å². The molecule has 0 aliphatic carbocycles. The zero-order chi connectivity index (χ0) is 12.9. The highest BCUT2D eigenvalue weighted by molar-refractivity contribution is 6.74. The van der Waals surface area contributed by atoms with E-state index >= 15 is 0 Å². The van der Waals surface area contributed by atoms with Gasteiger partial charge in [-0.25, -0.2) is 4.39 Å². The molecule has 0 heterocycles. The van der Waals surface area contributed by atoms with Crippen molar-refractivity contribution in [1.29, 1.82) is 0 Å². The molecule has 0 saturated heterocycles. The standard InChI is InChI=1S/C11H14BF4O/c1-2-3-4-7-17-11-8-9(13)5-6-10(11)12(14,15)16/h5-6,8H,2-4,7H2,1H3/q-1. The molecule has 0 fully saturated rings. The highest BCUT2D eigenvalue weighted by Gasteiger charge is 2.29. The van der Waals surface area contributed by atoms with Crippen LogP contribution in [-0.4, -0.2) is 13.6 Å². The molecule has 1 aromatic rings. The maximum atomic E-state index is 12.9. The first-order chi connectivity index (χ1) is 7.95. The van der Waals surface area contributed by atoms with Crippen LogP contribution in [0.2, 0.25) is 0 Å². The van der Waals surface area contributed by atoms with E-state index in [1.807, 2.05) is 6.92 Å². The molecular formula is C11H14BF4O-. The number of unbranched alkanes of at least 4 members (excludes halogenated alkanes) is 2. The van der Waals surface area contributed by atoms with E-state index in [2.05, 4.69) is 0 Å². The van der Waals surface area contributed by atoms with Crippen molar-refractivity contribution in [2.75, 3.05) is 6.61 Å². The van der Waals surface area contributed by atoms with Crippen molar-refractivity contribution in [1.82, 2.24) is 0 Å². The second-order valence-corrected chi connectivity index (χ2v) is 3.81. The first-order valence-electron chi connectivity index (χ1n) is 5.57. The summed E-state index contributed by atoms with van der Waals surface area (Å²) in [5.74, 6) is -1.13. The lowest BCUT2D eigenvalue weighted by Gasteiger charge is -2.19. The molecule has 6 heteroatoms. The summed E-state index contributed by atoms with van der Waals surface area (Å²) >= 11 is 0. The lowest BCUT2D eigenvalue weighted by atomic mass is 9.79. The van der Waals surface area contributed by atoms with Crippen LogP contribution in [0.4, 0.5) is 17.3 Å². The van der Waals surface area contributed by atoms with Gasteiger partial charge in [0, 0.05) is 6.07 Å². The van der Waals surface area contributed by atoms with Crippen LogP contribution < -0.4 is 10.2 Å². The van der Waals surface area contributed by atoms with Gasteiger partial charge in [-0.1, -0.05) is 31.3 Å². The normalized spacial score (nSPS) is 11.6. The maximum absolute atomic E-state index is 12.9. The van der Waals surface area contributed by atoms with Crippen LogP contribution in [0.15, 0.2) is 18.2 Å². The lowest BCUT2D eigenvalue weighted by molar-refractivity contribution is 0.305. The average molecular weight is 249 g/mol. The van der Waals surface area contributed by atoms with Crippen molar-refractivity contribution in [2.45, 2.75) is 26.2 Å². The van der Waals surface area contributed by atoms with E-state index < -0.39 is 24.0 Å². The molecule has 17 heavy (non-hydrogen) atoms. The van der Waals surface area contributed by atoms with E-state index in [0.717, 1.165) is 31.0 Å². The summed E-state index contributed by atoms with van der Waals surface area (Å²) in [7, 11) is 0. The lowest BCUT2D eigenvalue weighted by Crippen LogP contribution is -2.35. The molecule has 0 aliphatic rings. The molecule has 0 saturated carbocycles. The van der Waals surface area contributed by atoms with E-state index in [9.17, 15) is 17.3 Å². The van der Waals surface area contributed by atoms with Gasteiger partial charge in [0.1, 0.15) is 5.82 Å². The third-order valence-corrected chi connectivity index (χ3v) is 2.33. The number of hydrogen-bond donors (Lipinski definition) is 0. The van der Waals surface area contributed by atoms with Gasteiger partial charge in [-0.3, -0.25) is 0 Å². The van der Waals surface area contributed by atoms with Crippen LogP contribution in [0.5, 0.6) is 5.75 Å². The number of benzene rings is 1. The van der Waals surface area contributed by atoms with E-state index in [4.69, 9.17) is 4.74 Å². The number of hydrogen-bond acceptors (Lipinski definition) is 1. The summed E-state index contributed by atoms with van der Waals surface area (Å²) in [5, 5.41) is 0. The van der Waals surface area contributed by atoms with Gasteiger partial charge in [-0.2, -0.15) is 0 Å². The summed E-state index contributed by atoms with van der Waals surface area (Å²) in [6.07, 6.45) is 2.49. The van der Waals surface area contributed by atoms with Crippen LogP contribution in [0, 0.1) is 5.82 Å². The van der Waals surface area contributed by atoms with Crippen molar-refractivity contribution in [3.63, 3.8) is 0 Å². The van der Waals surface area contributed by atoms with Crippen LogP contribution in [0.25, 0.3) is 0 Å². The molecule has 0 atom stereocenters. The topological polar surface area (TPSA) is 9.23 Å². The summed E-state index contributed by atoms with van der Waals surface area (Å²) < 4.78 is 55.7. The SMILES string of the molecule is CCCCCOc1cc(F)ccc1[B-](F)(F)F. The Morgan fingerprint density at radius 3 is 2.47 bits per heavy atom. The molecule has 0 aliphatic heterocycles. The minimum absolute atomic E-state index is 0.177. The second kappa shape index (κ2) is 5.93. The quantitative estimate of drug-likeness (QED) is 0.426. The monoisotopic (exact) mass is 249 g/mol. The molecule has 0 unspecified atom stereocenters. The average Bonchev–Trinajstić information content (AvgIpc) is 2.23. The molecule has 0 aromatic heterocycles. The van der Waals surface area contributed by atoms with Crippen LogP contribution in [0.1, 0.15) is 26.2 Å². The molecular weight excluding hydrogens is 235 g/mol. The van der Waals surface area contributed by atoms with Crippen molar-refractivity contribution in [3.8, 4) is 5.75 Å². The van der Waals surface area contributed by atoms with Crippen molar-refractivity contribution >= 4 is 12.4 Å². The van der Waals surface area contributed by atoms with Crippen molar-refractivity contribution < 1.29 is 22.1 Å². The third kappa shape index (κ3) is 4.28. The molecule has 1 rings (SSSR count). The molecule has 0 bridgehead atoms. The fraction of sp³-hybridized carbons (Fsp3) is 0.455. The minimum atomic E-state index is -5.17. The van der Waals surface area contributed by atoms with Gasteiger partial charge >= 0.3 is 6.98 Å². The zero-order valence-electron chi connectivity index (χ0n) is 9.56. The molecule has 0 N–H and O–H groups in total. The van der Waals surface area contributed by atoms with Gasteiger partial charge in [-0.05, 0) is 12.5 Å². The summed E-state index contributed by atoms with van der Waals surface area (Å²) in [6, 6.07) is 2.31. The molecule has 1 nitrogen and oxygen atoms in total. The zero-order valence-corrected chi connectivity index (χ0v) is 9.56. The van der Waals surface area contributed by atoms with E-state index in [1.54, 1.807) is 0 Å². The van der Waals surface area contributed by atoms with Crippen molar-refractivity contribution in [2.24, 2.45) is 0 Å². The van der Waals surface area contributed by atoms with Crippen molar-refractivity contribution in [3.05, 3.63) is 24.0 Å². The second-order valence-electron chi connectivity index (χ2n) is 3.81. The first kappa shape index (κ1) is 13.9. The van der Waals surface area contributed by atoms with Gasteiger partial charge in [-0.15, -0.1) is 0 Å². The Labute approximate surface area is 97.8 Å². The Morgan fingerprint density at radius 1 is 1.18 bits per heavy atom. The Morgan fingerprint density at radius 2 is 1.88 bits per heavy atom. The molecule has 0 spiro atoms. The Kier molecular flexibility index (Phi) is 4.84. The number of halogens is 4. The number of rotatable bonds is 6. The van der Waals surface area contributed by atoms with E-state index in [0.29, 0.717) is 6.42 Å². The molecule has 0 radical (unpaired) electrons.